The van der Waals surface area contributed by atoms with Gasteiger partial charge in [-0.05, 0) is 13.0 Å². The molecule has 0 atom stereocenters. The molecule has 1 rings (SSSR count). The van der Waals surface area contributed by atoms with Crippen LogP contribution in [0.3, 0.4) is 0 Å². The van der Waals surface area contributed by atoms with Crippen molar-refractivity contribution in [3.8, 4) is 0 Å². The molecule has 0 aliphatic heterocycles. The second kappa shape index (κ2) is 5.88. The molecule has 1 aromatic carbocycles. The van der Waals surface area contributed by atoms with Crippen LogP contribution in [0.25, 0.3) is 0 Å². The smallest absolute Gasteiger partial charge is 0.208 e. The highest BCUT2D eigenvalue weighted by Gasteiger charge is 2.27. The second-order valence-corrected chi connectivity index (χ2v) is 6.70. The van der Waals surface area contributed by atoms with Crippen LogP contribution in [0, 0.1) is 24.4 Å². The number of carbonyl (C=O) groups is 1. The molecule has 0 heterocycles. The maximum Gasteiger partial charge on any atom is 0.208 e. The van der Waals surface area contributed by atoms with Crippen LogP contribution in [0.15, 0.2) is 17.2 Å². The summed E-state index contributed by atoms with van der Waals surface area (Å²) < 4.78 is 63.7. The number of nitrogens with zero attached hydrogens (tertiary/aromatic N) is 1. The molecule has 0 aliphatic rings. The number of benzene rings is 1. The van der Waals surface area contributed by atoms with E-state index in [1.54, 1.807) is 0 Å². The summed E-state index contributed by atoms with van der Waals surface area (Å²) in [5.41, 5.74) is -1.51. The van der Waals surface area contributed by atoms with E-state index in [2.05, 4.69) is 0 Å². The summed E-state index contributed by atoms with van der Waals surface area (Å²) in [5, 5.41) is 0. The van der Waals surface area contributed by atoms with Gasteiger partial charge in [-0.25, -0.2) is 21.6 Å². The Morgan fingerprint density at radius 3 is 2.14 bits per heavy atom. The Bertz CT molecular complexity index is 725. The zero-order valence-corrected chi connectivity index (χ0v) is 12.7. The van der Waals surface area contributed by atoms with E-state index in [0.717, 1.165) is 19.4 Å². The van der Waals surface area contributed by atoms with Crippen LogP contribution in [0.5, 0.6) is 0 Å². The van der Waals surface area contributed by atoms with E-state index in [4.69, 9.17) is 0 Å². The van der Waals surface area contributed by atoms with Gasteiger partial charge in [0, 0.05) is 32.1 Å². The number of sulfone groups is 1. The molecule has 4 nitrogen and oxygen atoms in total. The van der Waals surface area contributed by atoms with Crippen molar-refractivity contribution < 1.29 is 26.4 Å². The van der Waals surface area contributed by atoms with Gasteiger partial charge in [-0.1, -0.05) is 0 Å². The molecule has 8 heteroatoms. The van der Waals surface area contributed by atoms with Crippen molar-refractivity contribution in [2.45, 2.75) is 6.92 Å². The maximum atomic E-state index is 13.9. The Morgan fingerprint density at radius 1 is 1.19 bits per heavy atom. The number of halogens is 3. The summed E-state index contributed by atoms with van der Waals surface area (Å²) in [7, 11) is -1.05. The zero-order chi connectivity index (χ0) is 16.5. The molecular formula is C13H14F3NO3S. The average Bonchev–Trinajstić information content (AvgIpc) is 2.35. The molecular weight excluding hydrogens is 307 g/mol. The lowest BCUT2D eigenvalue weighted by atomic mass is 10.1. The van der Waals surface area contributed by atoms with Crippen molar-refractivity contribution in [3.63, 3.8) is 0 Å². The molecule has 0 bridgehead atoms. The lowest BCUT2D eigenvalue weighted by molar-refractivity contribution is 0.103. The summed E-state index contributed by atoms with van der Waals surface area (Å²) in [6.07, 6.45) is 1.75. The minimum atomic E-state index is -3.97. The lowest BCUT2D eigenvalue weighted by Crippen LogP contribution is -2.18. The standard InChI is InChI=1S/C13H14F3NO3S/c1-7-11(15)8(5-9(14)12(7)16)13(18)10(6-17(2)3)21(4,19)20/h5-6H,1-4H3. The van der Waals surface area contributed by atoms with E-state index < -0.39 is 49.1 Å². The number of hydrogen-bond acceptors (Lipinski definition) is 4. The molecule has 0 saturated carbocycles. The van der Waals surface area contributed by atoms with Gasteiger partial charge in [-0.15, -0.1) is 0 Å². The minimum absolute atomic E-state index is 0.356. The Kier molecular flexibility index (Phi) is 4.83. The van der Waals surface area contributed by atoms with Crippen LogP contribution < -0.4 is 0 Å². The van der Waals surface area contributed by atoms with Gasteiger partial charge in [-0.3, -0.25) is 4.79 Å². The zero-order valence-electron chi connectivity index (χ0n) is 11.9. The third kappa shape index (κ3) is 3.63. The van der Waals surface area contributed by atoms with Gasteiger partial charge in [0.15, 0.2) is 21.5 Å². The summed E-state index contributed by atoms with van der Waals surface area (Å²) in [5.74, 6) is -5.35. The maximum absolute atomic E-state index is 13.9. The van der Waals surface area contributed by atoms with E-state index in [-0.39, 0.29) is 0 Å². The SMILES string of the molecule is Cc1c(F)c(F)cc(C(=O)C(=CN(C)C)S(C)(=O)=O)c1F. The number of carbonyl (C=O) groups excluding carboxylic acids is 1. The molecule has 0 saturated heterocycles. The van der Waals surface area contributed by atoms with Crippen LogP contribution in [0.1, 0.15) is 15.9 Å². The lowest BCUT2D eigenvalue weighted by Gasteiger charge is -2.11. The number of hydrogen-bond donors (Lipinski definition) is 0. The fourth-order valence-electron chi connectivity index (χ4n) is 1.59. The van der Waals surface area contributed by atoms with Gasteiger partial charge < -0.3 is 4.90 Å². The highest BCUT2D eigenvalue weighted by atomic mass is 32.2. The molecule has 0 aromatic heterocycles. The van der Waals surface area contributed by atoms with E-state index in [1.165, 1.54) is 19.0 Å². The van der Waals surface area contributed by atoms with E-state index in [1.807, 2.05) is 0 Å². The minimum Gasteiger partial charge on any atom is -0.382 e. The van der Waals surface area contributed by atoms with Gasteiger partial charge in [-0.2, -0.15) is 0 Å². The summed E-state index contributed by atoms with van der Waals surface area (Å²) in [6.45, 7) is 0.959. The Hall–Kier alpha value is -1.83. The summed E-state index contributed by atoms with van der Waals surface area (Å²) >= 11 is 0. The van der Waals surface area contributed by atoms with Crippen LogP contribution in [0.4, 0.5) is 13.2 Å². The largest absolute Gasteiger partial charge is 0.382 e. The average molecular weight is 321 g/mol. The predicted molar refractivity (Wildman–Crippen MR) is 72.0 cm³/mol. The van der Waals surface area contributed by atoms with Crippen molar-refractivity contribution in [2.75, 3.05) is 20.4 Å². The van der Waals surface area contributed by atoms with E-state index in [9.17, 15) is 26.4 Å². The molecule has 0 aliphatic carbocycles. The molecule has 21 heavy (non-hydrogen) atoms. The Morgan fingerprint density at radius 2 is 1.71 bits per heavy atom. The highest BCUT2D eigenvalue weighted by Crippen LogP contribution is 2.23. The number of rotatable bonds is 4. The van der Waals surface area contributed by atoms with E-state index in [0.29, 0.717) is 6.07 Å². The Labute approximate surface area is 120 Å². The van der Waals surface area contributed by atoms with Crippen molar-refractivity contribution in [3.05, 3.63) is 45.8 Å². The number of Topliss-reactive ketones (excluding diaryl/α,β-unsaturated/α-hetero) is 1. The summed E-state index contributed by atoms with van der Waals surface area (Å²) in [6, 6.07) is 0.356. The first-order valence-electron chi connectivity index (χ1n) is 5.74. The van der Waals surface area contributed by atoms with Gasteiger partial charge in [0.2, 0.25) is 5.78 Å². The monoisotopic (exact) mass is 321 g/mol. The first kappa shape index (κ1) is 17.2. The number of ketones is 1. The van der Waals surface area contributed by atoms with Crippen LogP contribution in [-0.4, -0.2) is 39.5 Å². The fourth-order valence-corrected chi connectivity index (χ4v) is 2.44. The van der Waals surface area contributed by atoms with Crippen molar-refractivity contribution in [1.29, 1.82) is 0 Å². The van der Waals surface area contributed by atoms with Gasteiger partial charge in [0.05, 0.1) is 5.56 Å². The third-order valence-corrected chi connectivity index (χ3v) is 3.71. The van der Waals surface area contributed by atoms with Crippen molar-refractivity contribution >= 4 is 15.6 Å². The van der Waals surface area contributed by atoms with E-state index >= 15 is 0 Å². The summed E-state index contributed by atoms with van der Waals surface area (Å²) in [4.78, 5) is 12.7. The molecule has 1 aromatic rings. The topological polar surface area (TPSA) is 54.5 Å². The molecule has 0 amide bonds. The predicted octanol–water partition coefficient (Wildman–Crippen LogP) is 2.04. The number of allylic oxidation sites excluding steroid dienone is 1. The van der Waals surface area contributed by atoms with Gasteiger partial charge >= 0.3 is 0 Å². The molecule has 0 spiro atoms. The van der Waals surface area contributed by atoms with Gasteiger partial charge in [0.25, 0.3) is 0 Å². The fraction of sp³-hybridized carbons (Fsp3) is 0.308. The van der Waals surface area contributed by atoms with Crippen LogP contribution in [0.2, 0.25) is 0 Å². The van der Waals surface area contributed by atoms with Crippen molar-refractivity contribution in [1.82, 2.24) is 4.90 Å². The molecule has 0 radical (unpaired) electrons. The third-order valence-electron chi connectivity index (χ3n) is 2.62. The molecule has 0 unspecified atom stereocenters. The first-order chi connectivity index (χ1) is 9.46. The molecule has 116 valence electrons. The molecule has 0 fully saturated rings. The molecule has 0 N–H and O–H groups in total. The normalized spacial score (nSPS) is 12.4. The quantitative estimate of drug-likeness (QED) is 0.484. The van der Waals surface area contributed by atoms with Crippen molar-refractivity contribution in [2.24, 2.45) is 0 Å². The Balaban J connectivity index is 3.57. The first-order valence-corrected chi connectivity index (χ1v) is 7.63. The highest BCUT2D eigenvalue weighted by molar-refractivity contribution is 7.95. The van der Waals surface area contributed by atoms with Crippen LogP contribution >= 0.6 is 0 Å². The van der Waals surface area contributed by atoms with Gasteiger partial charge in [0.1, 0.15) is 10.7 Å². The van der Waals surface area contributed by atoms with Crippen LogP contribution in [-0.2, 0) is 9.84 Å². The second-order valence-electron chi connectivity index (χ2n) is 4.72.